The van der Waals surface area contributed by atoms with Crippen LogP contribution in [0.25, 0.3) is 0 Å². The van der Waals surface area contributed by atoms with E-state index in [2.05, 4.69) is 5.92 Å². The van der Waals surface area contributed by atoms with Crippen molar-refractivity contribution in [2.24, 2.45) is 5.92 Å². The van der Waals surface area contributed by atoms with Gasteiger partial charge in [0.2, 0.25) is 5.82 Å². The van der Waals surface area contributed by atoms with Gasteiger partial charge in [-0.3, -0.25) is 0 Å². The minimum atomic E-state index is -1.15. The maximum atomic E-state index is 13.4. The third-order valence-corrected chi connectivity index (χ3v) is 3.39. The molecule has 1 saturated heterocycles. The quantitative estimate of drug-likeness (QED) is 0.778. The van der Waals surface area contributed by atoms with Gasteiger partial charge in [0.05, 0.1) is 0 Å². The smallest absolute Gasteiger partial charge is 0.407 e. The molecule has 1 heterocycles. The van der Waals surface area contributed by atoms with Gasteiger partial charge >= 0.3 is 6.09 Å². The summed E-state index contributed by atoms with van der Waals surface area (Å²) in [4.78, 5) is 13.4. The summed E-state index contributed by atoms with van der Waals surface area (Å²) in [6.07, 6.45) is 6.88. The number of carbonyl (C=O) groups is 1. The average Bonchev–Trinajstić information content (AvgIpc) is 2.45. The van der Waals surface area contributed by atoms with Gasteiger partial charge in [0.25, 0.3) is 0 Å². The Balaban J connectivity index is 1.93. The van der Waals surface area contributed by atoms with E-state index in [1.807, 2.05) is 0 Å². The summed E-state index contributed by atoms with van der Waals surface area (Å²) < 4.78 is 31.3. The molecule has 5 heteroatoms. The number of hydrogen-bond acceptors (Lipinski definition) is 2. The zero-order valence-corrected chi connectivity index (χ0v) is 10.9. The van der Waals surface area contributed by atoms with E-state index in [1.54, 1.807) is 0 Å². The Hall–Kier alpha value is -2.09. The van der Waals surface area contributed by atoms with Gasteiger partial charge < -0.3 is 9.64 Å². The molecule has 1 aliphatic heterocycles. The van der Waals surface area contributed by atoms with Crippen LogP contribution in [0.15, 0.2) is 18.2 Å². The van der Waals surface area contributed by atoms with E-state index in [4.69, 9.17) is 11.2 Å². The molecule has 0 N–H and O–H groups in total. The average molecular weight is 279 g/mol. The molecular formula is C15H15F2NO2. The molecule has 1 aromatic rings. The van der Waals surface area contributed by atoms with E-state index in [1.165, 1.54) is 17.0 Å². The lowest BCUT2D eigenvalue weighted by atomic mass is 9.94. The molecule has 106 valence electrons. The van der Waals surface area contributed by atoms with Crippen molar-refractivity contribution < 1.29 is 18.3 Å². The third-order valence-electron chi connectivity index (χ3n) is 3.39. The van der Waals surface area contributed by atoms with E-state index in [0.29, 0.717) is 25.4 Å². The molecule has 1 amide bonds. The normalized spacial score (nSPS) is 15.8. The van der Waals surface area contributed by atoms with Crippen LogP contribution >= 0.6 is 0 Å². The highest BCUT2D eigenvalue weighted by Gasteiger charge is 2.24. The van der Waals surface area contributed by atoms with Crippen LogP contribution in [0.3, 0.4) is 0 Å². The lowest BCUT2D eigenvalue weighted by molar-refractivity contribution is 0.129. The van der Waals surface area contributed by atoms with Crippen molar-refractivity contribution in [2.45, 2.75) is 19.3 Å². The largest absolute Gasteiger partial charge is 0.415 e. The van der Waals surface area contributed by atoms with Crippen molar-refractivity contribution in [2.75, 3.05) is 13.1 Å². The molecule has 0 radical (unpaired) electrons. The predicted molar refractivity (Wildman–Crippen MR) is 70.1 cm³/mol. The van der Waals surface area contributed by atoms with Gasteiger partial charge in [-0.2, -0.15) is 4.39 Å². The van der Waals surface area contributed by atoms with Crippen LogP contribution in [0.1, 0.15) is 19.3 Å². The number of halogens is 2. The standard InChI is InChI=1S/C15H15F2NO2/c1-2-4-11-7-9-18(10-8-11)15(19)20-13-6-3-5-12(16)14(13)17/h1,3,5-6,11H,4,7-10H2. The minimum absolute atomic E-state index is 0.388. The first kappa shape index (κ1) is 14.3. The Morgan fingerprint density at radius 2 is 2.10 bits per heavy atom. The highest BCUT2D eigenvalue weighted by Crippen LogP contribution is 2.23. The molecule has 0 atom stereocenters. The van der Waals surface area contributed by atoms with Gasteiger partial charge in [-0.25, -0.2) is 9.18 Å². The fourth-order valence-electron chi connectivity index (χ4n) is 2.21. The van der Waals surface area contributed by atoms with Crippen LogP contribution in [0.5, 0.6) is 5.75 Å². The summed E-state index contributed by atoms with van der Waals surface area (Å²) in [5.41, 5.74) is 0. The topological polar surface area (TPSA) is 29.5 Å². The van der Waals surface area contributed by atoms with E-state index in [-0.39, 0.29) is 5.75 Å². The van der Waals surface area contributed by atoms with Crippen molar-refractivity contribution in [1.29, 1.82) is 0 Å². The lowest BCUT2D eigenvalue weighted by Crippen LogP contribution is -2.40. The second-order valence-electron chi connectivity index (χ2n) is 4.76. The Morgan fingerprint density at radius 3 is 2.75 bits per heavy atom. The molecule has 2 rings (SSSR count). The summed E-state index contributed by atoms with van der Waals surface area (Å²) in [6, 6.07) is 3.49. The Kier molecular flexibility index (Phi) is 4.57. The predicted octanol–water partition coefficient (Wildman–Crippen LogP) is 3.20. The van der Waals surface area contributed by atoms with Gasteiger partial charge in [-0.15, -0.1) is 12.3 Å². The number of likely N-dealkylation sites (tertiary alicyclic amines) is 1. The monoisotopic (exact) mass is 279 g/mol. The highest BCUT2D eigenvalue weighted by molar-refractivity contribution is 5.70. The van der Waals surface area contributed by atoms with E-state index < -0.39 is 17.7 Å². The number of amides is 1. The number of terminal acetylenes is 1. The van der Waals surface area contributed by atoms with Crippen LogP contribution in [-0.4, -0.2) is 24.1 Å². The fraction of sp³-hybridized carbons (Fsp3) is 0.400. The fourth-order valence-corrected chi connectivity index (χ4v) is 2.21. The molecule has 0 spiro atoms. The summed E-state index contributed by atoms with van der Waals surface area (Å²) in [5.74, 6) is 0.444. The first-order valence-corrected chi connectivity index (χ1v) is 6.46. The summed E-state index contributed by atoms with van der Waals surface area (Å²) in [6.45, 7) is 1.03. The Labute approximate surface area is 116 Å². The number of benzene rings is 1. The summed E-state index contributed by atoms with van der Waals surface area (Å²) in [5, 5.41) is 0. The molecule has 0 bridgehead atoms. The Bertz CT molecular complexity index is 531. The van der Waals surface area contributed by atoms with Crippen molar-refractivity contribution in [3.63, 3.8) is 0 Å². The second-order valence-corrected chi connectivity index (χ2v) is 4.76. The van der Waals surface area contributed by atoms with Gasteiger partial charge in [0, 0.05) is 19.5 Å². The molecule has 1 fully saturated rings. The summed E-state index contributed by atoms with van der Waals surface area (Å²) >= 11 is 0. The molecular weight excluding hydrogens is 264 g/mol. The number of ether oxygens (including phenoxy) is 1. The maximum Gasteiger partial charge on any atom is 0.415 e. The molecule has 0 aromatic heterocycles. The van der Waals surface area contributed by atoms with Crippen molar-refractivity contribution >= 4 is 6.09 Å². The number of nitrogens with zero attached hydrogens (tertiary/aromatic N) is 1. The molecule has 0 saturated carbocycles. The summed E-state index contributed by atoms with van der Waals surface area (Å²) in [7, 11) is 0. The second kappa shape index (κ2) is 6.38. The Morgan fingerprint density at radius 1 is 1.40 bits per heavy atom. The van der Waals surface area contributed by atoms with Crippen molar-refractivity contribution in [3.8, 4) is 18.1 Å². The number of hydrogen-bond donors (Lipinski definition) is 0. The van der Waals surface area contributed by atoms with Crippen LogP contribution < -0.4 is 4.74 Å². The van der Waals surface area contributed by atoms with Crippen LogP contribution in [-0.2, 0) is 0 Å². The van der Waals surface area contributed by atoms with Crippen molar-refractivity contribution in [1.82, 2.24) is 4.90 Å². The first-order valence-electron chi connectivity index (χ1n) is 6.46. The SMILES string of the molecule is C#CCC1CCN(C(=O)Oc2cccc(F)c2F)CC1. The third kappa shape index (κ3) is 3.27. The van der Waals surface area contributed by atoms with Gasteiger partial charge in [0.15, 0.2) is 11.6 Å². The van der Waals surface area contributed by atoms with Crippen LogP contribution in [0, 0.1) is 29.9 Å². The zero-order chi connectivity index (χ0) is 14.5. The van der Waals surface area contributed by atoms with Gasteiger partial charge in [-0.1, -0.05) is 6.07 Å². The number of rotatable bonds is 2. The number of carbonyl (C=O) groups excluding carboxylic acids is 1. The molecule has 20 heavy (non-hydrogen) atoms. The van der Waals surface area contributed by atoms with Gasteiger partial charge in [0.1, 0.15) is 0 Å². The molecule has 3 nitrogen and oxygen atoms in total. The minimum Gasteiger partial charge on any atom is -0.407 e. The lowest BCUT2D eigenvalue weighted by Gasteiger charge is -2.30. The molecule has 0 unspecified atom stereocenters. The molecule has 0 aliphatic carbocycles. The maximum absolute atomic E-state index is 13.4. The highest BCUT2D eigenvalue weighted by atomic mass is 19.2. The van der Waals surface area contributed by atoms with E-state index >= 15 is 0 Å². The van der Waals surface area contributed by atoms with E-state index in [9.17, 15) is 13.6 Å². The van der Waals surface area contributed by atoms with E-state index in [0.717, 1.165) is 18.9 Å². The van der Waals surface area contributed by atoms with Crippen molar-refractivity contribution in [3.05, 3.63) is 29.8 Å². The van der Waals surface area contributed by atoms with Crippen LogP contribution in [0.2, 0.25) is 0 Å². The number of piperidine rings is 1. The van der Waals surface area contributed by atoms with Crippen LogP contribution in [0.4, 0.5) is 13.6 Å². The molecule has 1 aromatic carbocycles. The molecule has 1 aliphatic rings. The first-order chi connectivity index (χ1) is 9.61. The van der Waals surface area contributed by atoms with Gasteiger partial charge in [-0.05, 0) is 30.9 Å². The zero-order valence-electron chi connectivity index (χ0n) is 10.9.